The Morgan fingerprint density at radius 2 is 2.12 bits per heavy atom. The van der Waals surface area contributed by atoms with Gasteiger partial charge < -0.3 is 29.6 Å². The number of anilines is 1. The molecule has 214 valence electrons. The van der Waals surface area contributed by atoms with Gasteiger partial charge in [0.2, 0.25) is 0 Å². The van der Waals surface area contributed by atoms with Crippen molar-refractivity contribution in [2.75, 3.05) is 32.2 Å². The SMILES string of the molecule is C=C(c1cc2cccnc2n1CC1CC1)N(C)c1c(C)cc(C(=O)N2CC3C[C@H](OCCC#N)C2C3N)cc1OC. The van der Waals surface area contributed by atoms with Crippen LogP contribution in [0, 0.1) is 30.1 Å². The Balaban J connectivity index is 1.28. The van der Waals surface area contributed by atoms with Gasteiger partial charge in [-0.1, -0.05) is 6.58 Å². The first-order valence-corrected chi connectivity index (χ1v) is 14.4. The number of ether oxygens (including phenoxy) is 2. The zero-order valence-electron chi connectivity index (χ0n) is 24.0. The number of benzene rings is 1. The van der Waals surface area contributed by atoms with Crippen molar-refractivity contribution in [3.8, 4) is 11.8 Å². The highest BCUT2D eigenvalue weighted by Gasteiger charge is 2.53. The molecule has 6 rings (SSSR count). The first-order valence-electron chi connectivity index (χ1n) is 14.4. The first-order chi connectivity index (χ1) is 19.8. The van der Waals surface area contributed by atoms with Gasteiger partial charge in [-0.3, -0.25) is 4.79 Å². The number of rotatable bonds is 10. The van der Waals surface area contributed by atoms with Crippen LogP contribution in [0.4, 0.5) is 5.69 Å². The lowest BCUT2D eigenvalue weighted by atomic mass is 10.0. The quantitative estimate of drug-likeness (QED) is 0.371. The van der Waals surface area contributed by atoms with E-state index in [1.54, 1.807) is 7.11 Å². The minimum atomic E-state index is -0.193. The molecule has 0 radical (unpaired) electrons. The van der Waals surface area contributed by atoms with Gasteiger partial charge in [-0.05, 0) is 73.9 Å². The number of pyridine rings is 1. The van der Waals surface area contributed by atoms with Crippen LogP contribution in [0.2, 0.25) is 0 Å². The number of nitrogens with zero attached hydrogens (tertiary/aromatic N) is 5. The van der Waals surface area contributed by atoms with Gasteiger partial charge in [0, 0.05) is 43.3 Å². The maximum absolute atomic E-state index is 13.8. The molecule has 9 nitrogen and oxygen atoms in total. The van der Waals surface area contributed by atoms with Crippen LogP contribution in [0.25, 0.3) is 16.7 Å². The number of amides is 1. The average molecular weight is 555 g/mol. The Kier molecular flexibility index (Phi) is 7.22. The summed E-state index contributed by atoms with van der Waals surface area (Å²) in [4.78, 5) is 22.4. The first kappa shape index (κ1) is 27.3. The van der Waals surface area contributed by atoms with Gasteiger partial charge in [0.25, 0.3) is 5.91 Å². The van der Waals surface area contributed by atoms with Crippen molar-refractivity contribution in [1.29, 1.82) is 5.26 Å². The summed E-state index contributed by atoms with van der Waals surface area (Å²) < 4.78 is 14.1. The number of piperidine rings is 1. The molecule has 3 fully saturated rings. The van der Waals surface area contributed by atoms with Crippen molar-refractivity contribution in [3.63, 3.8) is 0 Å². The van der Waals surface area contributed by atoms with Crippen LogP contribution in [0.15, 0.2) is 43.1 Å². The van der Waals surface area contributed by atoms with E-state index in [1.165, 1.54) is 12.8 Å². The maximum atomic E-state index is 13.8. The van der Waals surface area contributed by atoms with Crippen LogP contribution < -0.4 is 15.4 Å². The number of likely N-dealkylation sites (tertiary alicyclic amines) is 1. The molecule has 9 heteroatoms. The van der Waals surface area contributed by atoms with Crippen molar-refractivity contribution < 1.29 is 14.3 Å². The fraction of sp³-hybridized carbons (Fsp3) is 0.469. The zero-order valence-corrected chi connectivity index (χ0v) is 24.0. The summed E-state index contributed by atoms with van der Waals surface area (Å²) in [5.41, 5.74) is 11.7. The van der Waals surface area contributed by atoms with E-state index in [-0.39, 0.29) is 30.0 Å². The molecule has 2 aromatic heterocycles. The molecule has 3 unspecified atom stereocenters. The van der Waals surface area contributed by atoms with Crippen molar-refractivity contribution in [2.24, 2.45) is 17.6 Å². The topological polar surface area (TPSA) is 110 Å². The molecule has 3 heterocycles. The van der Waals surface area contributed by atoms with E-state index < -0.39 is 0 Å². The van der Waals surface area contributed by atoms with Gasteiger partial charge in [0.15, 0.2) is 0 Å². The number of methoxy groups -OCH3 is 1. The van der Waals surface area contributed by atoms with Crippen molar-refractivity contribution in [3.05, 3.63) is 59.9 Å². The summed E-state index contributed by atoms with van der Waals surface area (Å²) >= 11 is 0. The lowest BCUT2D eigenvalue weighted by molar-refractivity contribution is -0.00552. The number of carbonyl (C=O) groups excluding carboxylic acids is 1. The number of aromatic nitrogens is 2. The van der Waals surface area contributed by atoms with Crippen LogP contribution in [0.5, 0.6) is 5.75 Å². The van der Waals surface area contributed by atoms with Crippen LogP contribution in [0.3, 0.4) is 0 Å². The molecule has 3 aromatic rings. The van der Waals surface area contributed by atoms with Crippen molar-refractivity contribution >= 4 is 28.3 Å². The van der Waals surface area contributed by atoms with Gasteiger partial charge >= 0.3 is 0 Å². The summed E-state index contributed by atoms with van der Waals surface area (Å²) in [6.45, 7) is 8.38. The fourth-order valence-electron chi connectivity index (χ4n) is 6.74. The fourth-order valence-corrected chi connectivity index (χ4v) is 6.74. The Bertz CT molecular complexity index is 1540. The molecular formula is C32H38N6O3. The molecule has 0 spiro atoms. The normalized spacial score (nSPS) is 23.1. The molecule has 2 aliphatic carbocycles. The number of hydrogen-bond donors (Lipinski definition) is 1. The van der Waals surface area contributed by atoms with E-state index in [2.05, 4.69) is 34.3 Å². The second-order valence-electron chi connectivity index (χ2n) is 11.7. The average Bonchev–Trinajstić information content (AvgIpc) is 3.56. The summed E-state index contributed by atoms with van der Waals surface area (Å²) in [6, 6.07) is 11.7. The highest BCUT2D eigenvalue weighted by molar-refractivity contribution is 5.97. The lowest BCUT2D eigenvalue weighted by Gasteiger charge is -2.34. The van der Waals surface area contributed by atoms with Crippen LogP contribution >= 0.6 is 0 Å². The molecule has 41 heavy (non-hydrogen) atoms. The standard InChI is InChI=1S/C32H38N6O3/c1-19-13-23(32(39)38-18-24-16-27(30(38)28(24)34)41-12-6-10-33)15-26(40-4)29(19)36(3)20(2)25-14-22-7-5-11-35-31(22)37(25)17-21-8-9-21/h5,7,11,13-15,21,24,27-28,30H,2,6,8-9,12,16-18,34H2,1,3-4H3/t24?,27-,28?,30?/m0/s1. The highest BCUT2D eigenvalue weighted by Crippen LogP contribution is 2.42. The molecule has 3 aliphatic rings. The number of fused-ring (bicyclic) bond motifs is 3. The van der Waals surface area contributed by atoms with E-state index in [4.69, 9.17) is 20.5 Å². The predicted octanol–water partition coefficient (Wildman–Crippen LogP) is 4.34. The van der Waals surface area contributed by atoms with Gasteiger partial charge in [-0.2, -0.15) is 5.26 Å². The summed E-state index contributed by atoms with van der Waals surface area (Å²) in [7, 11) is 3.62. The van der Waals surface area contributed by atoms with E-state index >= 15 is 0 Å². The highest BCUT2D eigenvalue weighted by atomic mass is 16.5. The molecule has 2 bridgehead atoms. The Morgan fingerprint density at radius 1 is 1.32 bits per heavy atom. The largest absolute Gasteiger partial charge is 0.495 e. The number of nitrogens with two attached hydrogens (primary N) is 1. The Labute approximate surface area is 241 Å². The van der Waals surface area contributed by atoms with Crippen molar-refractivity contribution in [1.82, 2.24) is 14.5 Å². The second-order valence-corrected chi connectivity index (χ2v) is 11.7. The van der Waals surface area contributed by atoms with Crippen LogP contribution in [0.1, 0.15) is 47.3 Å². The minimum absolute atomic E-state index is 0.0772. The maximum Gasteiger partial charge on any atom is 0.254 e. The summed E-state index contributed by atoms with van der Waals surface area (Å²) in [6.07, 6.45) is 5.33. The molecule has 1 amide bonds. The molecule has 1 saturated heterocycles. The van der Waals surface area contributed by atoms with Gasteiger partial charge in [0.05, 0.1) is 55.4 Å². The second kappa shape index (κ2) is 10.8. The lowest BCUT2D eigenvalue weighted by Crippen LogP contribution is -2.49. The summed E-state index contributed by atoms with van der Waals surface area (Å²) in [5.74, 6) is 1.41. The molecule has 4 atom stereocenters. The predicted molar refractivity (Wildman–Crippen MR) is 159 cm³/mol. The van der Waals surface area contributed by atoms with Crippen LogP contribution in [-0.2, 0) is 11.3 Å². The third kappa shape index (κ3) is 4.85. The molecule has 2 N–H and O–H groups in total. The zero-order chi connectivity index (χ0) is 28.8. The molecular weight excluding hydrogens is 516 g/mol. The van der Waals surface area contributed by atoms with E-state index in [0.717, 1.165) is 46.6 Å². The van der Waals surface area contributed by atoms with Gasteiger partial charge in [0.1, 0.15) is 11.4 Å². The Morgan fingerprint density at radius 3 is 2.83 bits per heavy atom. The van der Waals surface area contributed by atoms with Gasteiger partial charge in [-0.15, -0.1) is 0 Å². The third-order valence-corrected chi connectivity index (χ3v) is 9.01. The van der Waals surface area contributed by atoms with Crippen LogP contribution in [-0.4, -0.2) is 65.9 Å². The molecule has 2 saturated carbocycles. The monoisotopic (exact) mass is 554 g/mol. The smallest absolute Gasteiger partial charge is 0.254 e. The number of aryl methyl sites for hydroxylation is 1. The number of carbonyl (C=O) groups is 1. The minimum Gasteiger partial charge on any atom is -0.495 e. The summed E-state index contributed by atoms with van der Waals surface area (Å²) in [5, 5.41) is 9.98. The number of nitriles is 1. The molecule has 1 aromatic carbocycles. The Hall–Kier alpha value is -3.87. The molecule has 1 aliphatic heterocycles. The van der Waals surface area contributed by atoms with Gasteiger partial charge in [-0.25, -0.2) is 4.98 Å². The third-order valence-electron chi connectivity index (χ3n) is 9.01. The van der Waals surface area contributed by atoms with Crippen molar-refractivity contribution in [2.45, 2.75) is 57.3 Å². The van der Waals surface area contributed by atoms with E-state index in [1.807, 2.05) is 48.2 Å². The van der Waals surface area contributed by atoms with E-state index in [9.17, 15) is 4.79 Å². The van der Waals surface area contributed by atoms with E-state index in [0.29, 0.717) is 36.8 Å². The number of hydrogen-bond acceptors (Lipinski definition) is 7.